The van der Waals surface area contributed by atoms with Crippen molar-refractivity contribution in [1.82, 2.24) is 10.2 Å². The zero-order chi connectivity index (χ0) is 22.7. The molecule has 1 N–H and O–H groups in total. The Morgan fingerprint density at radius 3 is 2.41 bits per heavy atom. The average molecular weight is 437 g/mol. The maximum absolute atomic E-state index is 13.0. The van der Waals surface area contributed by atoms with E-state index in [1.807, 2.05) is 0 Å². The fraction of sp³-hybridized carbons (Fsp3) is 0.519. The number of ether oxygens (including phenoxy) is 2. The van der Waals surface area contributed by atoms with Crippen LogP contribution in [0.1, 0.15) is 60.9 Å². The first-order valence-corrected chi connectivity index (χ1v) is 11.8. The quantitative estimate of drug-likeness (QED) is 0.677. The van der Waals surface area contributed by atoms with Gasteiger partial charge in [-0.25, -0.2) is 0 Å². The summed E-state index contributed by atoms with van der Waals surface area (Å²) in [4.78, 5) is 15.5. The second kappa shape index (κ2) is 9.95. The third kappa shape index (κ3) is 4.78. The Morgan fingerprint density at radius 1 is 1.09 bits per heavy atom. The predicted molar refractivity (Wildman–Crippen MR) is 127 cm³/mol. The van der Waals surface area contributed by atoms with Crippen LogP contribution in [0, 0.1) is 12.8 Å². The van der Waals surface area contributed by atoms with Gasteiger partial charge in [0, 0.05) is 25.0 Å². The lowest BCUT2D eigenvalue weighted by Crippen LogP contribution is -2.48. The number of benzene rings is 2. The fourth-order valence-corrected chi connectivity index (χ4v) is 5.33. The monoisotopic (exact) mass is 436 g/mol. The van der Waals surface area contributed by atoms with Crippen LogP contribution < -0.4 is 14.8 Å². The number of aryl methyl sites for hydroxylation is 1. The number of nitrogens with one attached hydrogen (secondary N) is 1. The van der Waals surface area contributed by atoms with Gasteiger partial charge in [-0.15, -0.1) is 0 Å². The predicted octanol–water partition coefficient (Wildman–Crippen LogP) is 4.81. The molecule has 1 aliphatic heterocycles. The summed E-state index contributed by atoms with van der Waals surface area (Å²) in [6, 6.07) is 13.0. The molecule has 0 radical (unpaired) electrons. The van der Waals surface area contributed by atoms with Crippen LogP contribution in [0.5, 0.6) is 11.5 Å². The van der Waals surface area contributed by atoms with Crippen molar-refractivity contribution in [2.45, 2.75) is 64.6 Å². The molecule has 5 nitrogen and oxygen atoms in total. The summed E-state index contributed by atoms with van der Waals surface area (Å²) in [5.41, 5.74) is 5.05. The van der Waals surface area contributed by atoms with E-state index in [9.17, 15) is 4.79 Å². The molecule has 2 aliphatic rings. The minimum Gasteiger partial charge on any atom is -0.493 e. The highest BCUT2D eigenvalue weighted by Gasteiger charge is 2.35. The SMILES string of the molecule is COc1cc2c(cc1OC)[C@@H]([C@H](C)NC(=O)C1CCCC1)N(Cc1ccc(C)cc1)CC2. The molecule has 0 saturated heterocycles. The summed E-state index contributed by atoms with van der Waals surface area (Å²) in [6.07, 6.45) is 5.29. The molecule has 1 fully saturated rings. The summed E-state index contributed by atoms with van der Waals surface area (Å²) in [5, 5.41) is 3.37. The highest BCUT2D eigenvalue weighted by molar-refractivity contribution is 5.79. The normalized spacial score (nSPS) is 19.9. The zero-order valence-electron chi connectivity index (χ0n) is 19.8. The number of carbonyl (C=O) groups excluding carboxylic acids is 1. The number of hydrogen-bond donors (Lipinski definition) is 1. The lowest BCUT2D eigenvalue weighted by atomic mass is 9.87. The van der Waals surface area contributed by atoms with Gasteiger partial charge in [-0.05, 0) is 61.9 Å². The van der Waals surface area contributed by atoms with Crippen molar-refractivity contribution in [3.63, 3.8) is 0 Å². The van der Waals surface area contributed by atoms with Crippen LogP contribution in [0.3, 0.4) is 0 Å². The van der Waals surface area contributed by atoms with E-state index in [2.05, 4.69) is 60.5 Å². The molecule has 1 heterocycles. The van der Waals surface area contributed by atoms with Gasteiger partial charge in [0.15, 0.2) is 11.5 Å². The van der Waals surface area contributed by atoms with Gasteiger partial charge < -0.3 is 14.8 Å². The number of nitrogens with zero attached hydrogens (tertiary/aromatic N) is 1. The summed E-state index contributed by atoms with van der Waals surface area (Å²) in [6.45, 7) is 6.04. The number of fused-ring (bicyclic) bond motifs is 1. The Bertz CT molecular complexity index is 935. The summed E-state index contributed by atoms with van der Waals surface area (Å²) >= 11 is 0. The second-order valence-corrected chi connectivity index (χ2v) is 9.34. The highest BCUT2D eigenvalue weighted by atomic mass is 16.5. The molecule has 4 rings (SSSR count). The molecule has 0 spiro atoms. The molecule has 2 aromatic rings. The average Bonchev–Trinajstić information content (AvgIpc) is 3.34. The smallest absolute Gasteiger partial charge is 0.223 e. The van der Waals surface area contributed by atoms with Crippen molar-refractivity contribution in [2.75, 3.05) is 20.8 Å². The van der Waals surface area contributed by atoms with E-state index >= 15 is 0 Å². The Labute approximate surface area is 192 Å². The maximum Gasteiger partial charge on any atom is 0.223 e. The molecule has 2 atom stereocenters. The fourth-order valence-electron chi connectivity index (χ4n) is 5.33. The molecule has 5 heteroatoms. The maximum atomic E-state index is 13.0. The zero-order valence-corrected chi connectivity index (χ0v) is 19.8. The van der Waals surface area contributed by atoms with E-state index in [0.29, 0.717) is 0 Å². The van der Waals surface area contributed by atoms with Gasteiger partial charge in [0.25, 0.3) is 0 Å². The number of amides is 1. The number of hydrogen-bond acceptors (Lipinski definition) is 4. The summed E-state index contributed by atoms with van der Waals surface area (Å²) in [5.74, 6) is 1.87. The van der Waals surface area contributed by atoms with Gasteiger partial charge in [0.2, 0.25) is 5.91 Å². The van der Waals surface area contributed by atoms with Crippen LogP contribution in [0.4, 0.5) is 0 Å². The van der Waals surface area contributed by atoms with Crippen molar-refractivity contribution in [1.29, 1.82) is 0 Å². The molecule has 172 valence electrons. The van der Waals surface area contributed by atoms with Crippen molar-refractivity contribution >= 4 is 5.91 Å². The molecule has 1 saturated carbocycles. The van der Waals surface area contributed by atoms with Gasteiger partial charge in [0.1, 0.15) is 0 Å². The van der Waals surface area contributed by atoms with Gasteiger partial charge >= 0.3 is 0 Å². The first kappa shape index (κ1) is 22.7. The Balaban J connectivity index is 1.65. The van der Waals surface area contributed by atoms with Crippen LogP contribution in [0.25, 0.3) is 0 Å². The first-order valence-electron chi connectivity index (χ1n) is 11.8. The lowest BCUT2D eigenvalue weighted by Gasteiger charge is -2.41. The van der Waals surface area contributed by atoms with E-state index in [1.54, 1.807) is 14.2 Å². The molecule has 0 aromatic heterocycles. The van der Waals surface area contributed by atoms with Crippen molar-refractivity contribution in [3.8, 4) is 11.5 Å². The third-order valence-corrected chi connectivity index (χ3v) is 7.10. The number of rotatable bonds is 7. The van der Waals surface area contributed by atoms with Crippen molar-refractivity contribution in [2.24, 2.45) is 5.92 Å². The second-order valence-electron chi connectivity index (χ2n) is 9.34. The molecule has 0 bridgehead atoms. The standard InChI is InChI=1S/C27H36N2O3/c1-18-9-11-20(12-10-18)17-29-14-13-22-15-24(31-3)25(32-4)16-23(22)26(29)19(2)28-27(30)21-7-5-6-8-21/h9-12,15-16,19,21,26H,5-8,13-14,17H2,1-4H3,(H,28,30)/t19-,26+/m0/s1. The van der Waals surface area contributed by atoms with E-state index in [0.717, 1.165) is 56.7 Å². The Hall–Kier alpha value is -2.53. The minimum absolute atomic E-state index is 0.00861. The third-order valence-electron chi connectivity index (χ3n) is 7.10. The number of methoxy groups -OCH3 is 2. The van der Waals surface area contributed by atoms with E-state index < -0.39 is 0 Å². The number of carbonyl (C=O) groups is 1. The largest absolute Gasteiger partial charge is 0.493 e. The van der Waals surface area contributed by atoms with Crippen molar-refractivity contribution < 1.29 is 14.3 Å². The molecule has 32 heavy (non-hydrogen) atoms. The first-order chi connectivity index (χ1) is 15.5. The van der Waals surface area contributed by atoms with Crippen LogP contribution in [0.2, 0.25) is 0 Å². The van der Waals surface area contributed by atoms with E-state index in [-0.39, 0.29) is 23.9 Å². The van der Waals surface area contributed by atoms with Gasteiger partial charge in [-0.2, -0.15) is 0 Å². The topological polar surface area (TPSA) is 50.8 Å². The molecule has 1 aliphatic carbocycles. The summed E-state index contributed by atoms with van der Waals surface area (Å²) < 4.78 is 11.2. The Morgan fingerprint density at radius 2 is 1.75 bits per heavy atom. The van der Waals surface area contributed by atoms with Gasteiger partial charge in [0.05, 0.1) is 20.3 Å². The highest BCUT2D eigenvalue weighted by Crippen LogP contribution is 2.40. The molecular formula is C27H36N2O3. The lowest BCUT2D eigenvalue weighted by molar-refractivity contribution is -0.126. The van der Waals surface area contributed by atoms with Gasteiger partial charge in [-0.1, -0.05) is 42.7 Å². The minimum atomic E-state index is -0.00861. The molecule has 2 aromatic carbocycles. The molecule has 0 unspecified atom stereocenters. The molecular weight excluding hydrogens is 400 g/mol. The van der Waals surface area contributed by atoms with Crippen LogP contribution in [-0.4, -0.2) is 37.6 Å². The van der Waals surface area contributed by atoms with Crippen LogP contribution >= 0.6 is 0 Å². The van der Waals surface area contributed by atoms with Gasteiger partial charge in [-0.3, -0.25) is 9.69 Å². The Kier molecular flexibility index (Phi) is 7.04. The van der Waals surface area contributed by atoms with Crippen LogP contribution in [0.15, 0.2) is 36.4 Å². The summed E-state index contributed by atoms with van der Waals surface area (Å²) in [7, 11) is 3.36. The van der Waals surface area contributed by atoms with Crippen LogP contribution in [-0.2, 0) is 17.8 Å². The van der Waals surface area contributed by atoms with E-state index in [4.69, 9.17) is 9.47 Å². The molecule has 1 amide bonds. The van der Waals surface area contributed by atoms with E-state index in [1.165, 1.54) is 22.3 Å². The van der Waals surface area contributed by atoms with Crippen molar-refractivity contribution in [3.05, 3.63) is 58.7 Å².